The highest BCUT2D eigenvalue weighted by Crippen LogP contribution is 2.24. The van der Waals surface area contributed by atoms with Crippen molar-refractivity contribution in [1.29, 1.82) is 0 Å². The Hall–Kier alpha value is -1.98. The van der Waals surface area contributed by atoms with Gasteiger partial charge in [0.15, 0.2) is 11.0 Å². The van der Waals surface area contributed by atoms with Gasteiger partial charge >= 0.3 is 0 Å². The Morgan fingerprint density at radius 2 is 1.96 bits per heavy atom. The van der Waals surface area contributed by atoms with Gasteiger partial charge in [-0.25, -0.2) is 0 Å². The molecule has 0 bridgehead atoms. The Balaban J connectivity index is 1.62. The molecule has 0 unspecified atom stereocenters. The molecule has 2 aromatic carbocycles. The van der Waals surface area contributed by atoms with Crippen molar-refractivity contribution < 1.29 is 4.74 Å². The first-order chi connectivity index (χ1) is 12.0. The van der Waals surface area contributed by atoms with Crippen LogP contribution in [0.3, 0.4) is 0 Å². The van der Waals surface area contributed by atoms with E-state index < -0.39 is 0 Å². The van der Waals surface area contributed by atoms with Gasteiger partial charge in [0.05, 0.1) is 0 Å². The quantitative estimate of drug-likeness (QED) is 0.573. The van der Waals surface area contributed by atoms with Crippen molar-refractivity contribution in [2.45, 2.75) is 31.4 Å². The van der Waals surface area contributed by atoms with E-state index in [9.17, 15) is 0 Å². The van der Waals surface area contributed by atoms with E-state index in [1.165, 1.54) is 11.1 Å². The number of halogens is 1. The SMILES string of the molecule is Cc1cccc(CSc2nnc(COc3ccc(Cl)cc3C)n2C)c1. The minimum atomic E-state index is 0.372. The maximum Gasteiger partial charge on any atom is 0.191 e. The molecule has 0 amide bonds. The molecule has 0 atom stereocenters. The van der Waals surface area contributed by atoms with Crippen LogP contribution in [-0.2, 0) is 19.4 Å². The second-order valence-corrected chi connectivity index (χ2v) is 7.31. The highest BCUT2D eigenvalue weighted by atomic mass is 35.5. The van der Waals surface area contributed by atoms with Gasteiger partial charge in [-0.2, -0.15) is 0 Å². The van der Waals surface area contributed by atoms with Crippen LogP contribution in [0, 0.1) is 13.8 Å². The molecule has 1 heterocycles. The average molecular weight is 374 g/mol. The standard InChI is InChI=1S/C19H20ClN3OS/c1-13-5-4-6-15(9-13)12-25-19-22-21-18(23(19)3)11-24-17-8-7-16(20)10-14(17)2/h4-10H,11-12H2,1-3H3. The lowest BCUT2D eigenvalue weighted by atomic mass is 10.2. The normalized spacial score (nSPS) is 10.9. The Morgan fingerprint density at radius 1 is 1.12 bits per heavy atom. The lowest BCUT2D eigenvalue weighted by molar-refractivity contribution is 0.288. The lowest BCUT2D eigenvalue weighted by Crippen LogP contribution is -2.05. The van der Waals surface area contributed by atoms with Crippen molar-refractivity contribution in [2.75, 3.05) is 0 Å². The van der Waals surface area contributed by atoms with Crippen LogP contribution in [0.5, 0.6) is 5.75 Å². The zero-order chi connectivity index (χ0) is 17.8. The molecule has 3 aromatic rings. The number of ether oxygens (including phenoxy) is 1. The molecule has 0 aliphatic carbocycles. The smallest absolute Gasteiger partial charge is 0.191 e. The number of nitrogens with zero attached hydrogens (tertiary/aromatic N) is 3. The molecule has 25 heavy (non-hydrogen) atoms. The van der Waals surface area contributed by atoms with Crippen LogP contribution >= 0.6 is 23.4 Å². The predicted molar refractivity (Wildman–Crippen MR) is 102 cm³/mol. The first-order valence-corrected chi connectivity index (χ1v) is 9.35. The van der Waals surface area contributed by atoms with Gasteiger partial charge in [-0.15, -0.1) is 10.2 Å². The number of hydrogen-bond donors (Lipinski definition) is 0. The van der Waals surface area contributed by atoms with E-state index in [1.54, 1.807) is 11.8 Å². The molecule has 0 radical (unpaired) electrons. The summed E-state index contributed by atoms with van der Waals surface area (Å²) in [6, 6.07) is 14.1. The molecule has 0 aliphatic heterocycles. The van der Waals surface area contributed by atoms with E-state index in [2.05, 4.69) is 41.4 Å². The summed E-state index contributed by atoms with van der Waals surface area (Å²) in [6.07, 6.45) is 0. The fourth-order valence-corrected chi connectivity index (χ4v) is 3.56. The number of aromatic nitrogens is 3. The second kappa shape index (κ2) is 7.93. The zero-order valence-electron chi connectivity index (χ0n) is 14.5. The molecular formula is C19H20ClN3OS. The average Bonchev–Trinajstić information content (AvgIpc) is 2.92. The summed E-state index contributed by atoms with van der Waals surface area (Å²) in [4.78, 5) is 0. The van der Waals surface area contributed by atoms with Crippen molar-refractivity contribution in [1.82, 2.24) is 14.8 Å². The molecule has 1 aromatic heterocycles. The minimum absolute atomic E-state index is 0.372. The molecule has 4 nitrogen and oxygen atoms in total. The molecule has 0 fully saturated rings. The van der Waals surface area contributed by atoms with Gasteiger partial charge in [0.2, 0.25) is 0 Å². The fourth-order valence-electron chi connectivity index (χ4n) is 2.46. The maximum absolute atomic E-state index is 5.97. The Bertz CT molecular complexity index is 879. The van der Waals surface area contributed by atoms with Gasteiger partial charge < -0.3 is 9.30 Å². The number of thioether (sulfide) groups is 1. The summed E-state index contributed by atoms with van der Waals surface area (Å²) < 4.78 is 7.84. The van der Waals surface area contributed by atoms with Crippen LogP contribution in [-0.4, -0.2) is 14.8 Å². The zero-order valence-corrected chi connectivity index (χ0v) is 16.1. The maximum atomic E-state index is 5.97. The van der Waals surface area contributed by atoms with E-state index in [0.717, 1.165) is 28.0 Å². The second-order valence-electron chi connectivity index (χ2n) is 5.93. The Morgan fingerprint density at radius 3 is 2.72 bits per heavy atom. The summed E-state index contributed by atoms with van der Waals surface area (Å²) in [7, 11) is 1.96. The van der Waals surface area contributed by atoms with Gasteiger partial charge in [0, 0.05) is 17.8 Å². The minimum Gasteiger partial charge on any atom is -0.485 e. The Labute approximate surface area is 157 Å². The first-order valence-electron chi connectivity index (χ1n) is 7.98. The van der Waals surface area contributed by atoms with E-state index in [1.807, 2.05) is 36.7 Å². The van der Waals surface area contributed by atoms with Gasteiger partial charge in [-0.1, -0.05) is 53.2 Å². The number of rotatable bonds is 6. The summed E-state index contributed by atoms with van der Waals surface area (Å²) in [6.45, 7) is 4.45. The highest BCUT2D eigenvalue weighted by Gasteiger charge is 2.11. The number of aryl methyl sites for hydroxylation is 2. The predicted octanol–water partition coefficient (Wildman–Crippen LogP) is 4.96. The molecule has 0 N–H and O–H groups in total. The van der Waals surface area contributed by atoms with Gasteiger partial charge in [-0.05, 0) is 43.2 Å². The van der Waals surface area contributed by atoms with Crippen molar-refractivity contribution in [3.05, 3.63) is 70.0 Å². The largest absolute Gasteiger partial charge is 0.485 e. The number of benzene rings is 2. The van der Waals surface area contributed by atoms with E-state index >= 15 is 0 Å². The van der Waals surface area contributed by atoms with Crippen molar-refractivity contribution in [2.24, 2.45) is 7.05 Å². The summed E-state index contributed by atoms with van der Waals surface area (Å²) in [5.41, 5.74) is 3.55. The molecule has 0 saturated heterocycles. The molecule has 0 aliphatic rings. The summed E-state index contributed by atoms with van der Waals surface area (Å²) >= 11 is 7.65. The van der Waals surface area contributed by atoms with Crippen molar-refractivity contribution in [3.8, 4) is 5.75 Å². The molecular weight excluding hydrogens is 354 g/mol. The highest BCUT2D eigenvalue weighted by molar-refractivity contribution is 7.98. The van der Waals surface area contributed by atoms with Gasteiger partial charge in [0.1, 0.15) is 12.4 Å². The molecule has 3 rings (SSSR count). The molecule has 0 saturated carbocycles. The van der Waals surface area contributed by atoms with E-state index in [0.29, 0.717) is 11.6 Å². The van der Waals surface area contributed by atoms with Gasteiger partial charge in [0.25, 0.3) is 0 Å². The fraction of sp³-hybridized carbons (Fsp3) is 0.263. The van der Waals surface area contributed by atoms with Crippen LogP contribution in [0.1, 0.15) is 22.5 Å². The van der Waals surface area contributed by atoms with Crippen LogP contribution in [0.25, 0.3) is 0 Å². The lowest BCUT2D eigenvalue weighted by Gasteiger charge is -2.09. The molecule has 130 valence electrons. The third-order valence-corrected chi connectivity index (χ3v) is 5.20. The van der Waals surface area contributed by atoms with Crippen LogP contribution in [0.4, 0.5) is 0 Å². The van der Waals surface area contributed by atoms with Crippen LogP contribution < -0.4 is 4.74 Å². The van der Waals surface area contributed by atoms with E-state index in [-0.39, 0.29) is 0 Å². The van der Waals surface area contributed by atoms with Crippen LogP contribution in [0.15, 0.2) is 47.6 Å². The van der Waals surface area contributed by atoms with Gasteiger partial charge in [-0.3, -0.25) is 0 Å². The first kappa shape index (κ1) is 17.8. The summed E-state index contributed by atoms with van der Waals surface area (Å²) in [5.74, 6) is 2.47. The topological polar surface area (TPSA) is 39.9 Å². The van der Waals surface area contributed by atoms with Crippen LogP contribution in [0.2, 0.25) is 5.02 Å². The van der Waals surface area contributed by atoms with Crippen molar-refractivity contribution >= 4 is 23.4 Å². The number of hydrogen-bond acceptors (Lipinski definition) is 4. The third kappa shape index (κ3) is 4.55. The third-order valence-electron chi connectivity index (χ3n) is 3.87. The molecule has 6 heteroatoms. The van der Waals surface area contributed by atoms with E-state index in [4.69, 9.17) is 16.3 Å². The molecule has 0 spiro atoms. The van der Waals surface area contributed by atoms with Crippen molar-refractivity contribution in [3.63, 3.8) is 0 Å². The summed E-state index contributed by atoms with van der Waals surface area (Å²) in [5, 5.41) is 10.1. The Kier molecular flexibility index (Phi) is 5.66. The monoisotopic (exact) mass is 373 g/mol.